The Morgan fingerprint density at radius 3 is 2.69 bits per heavy atom. The first-order valence-corrected chi connectivity index (χ1v) is 6.11. The SMILES string of the molecule is Cl.NC1(CNC(=O)c2ccc(Cl)s2)CCC1. The summed E-state index contributed by atoms with van der Waals surface area (Å²) in [6, 6.07) is 3.45. The first-order valence-electron chi connectivity index (χ1n) is 4.91. The Morgan fingerprint density at radius 1 is 1.56 bits per heavy atom. The van der Waals surface area contributed by atoms with E-state index in [0.29, 0.717) is 15.8 Å². The third-order valence-corrected chi connectivity index (χ3v) is 3.98. The lowest BCUT2D eigenvalue weighted by atomic mass is 9.78. The van der Waals surface area contributed by atoms with Crippen LogP contribution in [0.2, 0.25) is 4.34 Å². The van der Waals surface area contributed by atoms with Crippen LogP contribution in [-0.2, 0) is 0 Å². The highest BCUT2D eigenvalue weighted by atomic mass is 35.5. The number of halogens is 2. The first-order chi connectivity index (χ1) is 7.09. The van der Waals surface area contributed by atoms with Crippen LogP contribution in [0, 0.1) is 0 Å². The lowest BCUT2D eigenvalue weighted by molar-refractivity contribution is 0.0934. The Morgan fingerprint density at radius 2 is 2.25 bits per heavy atom. The zero-order chi connectivity index (χ0) is 10.9. The Kier molecular flexibility index (Phi) is 4.62. The minimum absolute atomic E-state index is 0. The smallest absolute Gasteiger partial charge is 0.261 e. The van der Waals surface area contributed by atoms with Crippen LogP contribution in [0.3, 0.4) is 0 Å². The number of amides is 1. The van der Waals surface area contributed by atoms with E-state index in [0.717, 1.165) is 19.3 Å². The number of carbonyl (C=O) groups excluding carboxylic acids is 1. The van der Waals surface area contributed by atoms with Gasteiger partial charge in [0.2, 0.25) is 0 Å². The van der Waals surface area contributed by atoms with Gasteiger partial charge in [0.25, 0.3) is 5.91 Å². The molecule has 16 heavy (non-hydrogen) atoms. The second-order valence-electron chi connectivity index (χ2n) is 4.00. The topological polar surface area (TPSA) is 55.1 Å². The van der Waals surface area contributed by atoms with Crippen LogP contribution in [0.1, 0.15) is 28.9 Å². The van der Waals surface area contributed by atoms with Crippen molar-refractivity contribution in [2.45, 2.75) is 24.8 Å². The highest BCUT2D eigenvalue weighted by Gasteiger charge is 2.32. The molecule has 0 unspecified atom stereocenters. The molecule has 1 fully saturated rings. The van der Waals surface area contributed by atoms with Crippen molar-refractivity contribution < 1.29 is 4.79 Å². The maximum absolute atomic E-state index is 11.6. The number of thiophene rings is 1. The van der Waals surface area contributed by atoms with E-state index in [1.807, 2.05) is 0 Å². The first kappa shape index (κ1) is 13.8. The highest BCUT2D eigenvalue weighted by molar-refractivity contribution is 7.17. The number of carbonyl (C=O) groups is 1. The molecule has 3 nitrogen and oxygen atoms in total. The van der Waals surface area contributed by atoms with Gasteiger partial charge in [-0.2, -0.15) is 0 Å². The van der Waals surface area contributed by atoms with E-state index in [-0.39, 0.29) is 23.9 Å². The van der Waals surface area contributed by atoms with Crippen molar-refractivity contribution in [1.29, 1.82) is 0 Å². The van der Waals surface area contributed by atoms with Gasteiger partial charge in [0.15, 0.2) is 0 Å². The van der Waals surface area contributed by atoms with E-state index >= 15 is 0 Å². The fraction of sp³-hybridized carbons (Fsp3) is 0.500. The van der Waals surface area contributed by atoms with Gasteiger partial charge in [-0.05, 0) is 31.4 Å². The number of nitrogens with two attached hydrogens (primary N) is 1. The predicted molar refractivity (Wildman–Crippen MR) is 69.7 cm³/mol. The van der Waals surface area contributed by atoms with Gasteiger partial charge in [0.1, 0.15) is 0 Å². The number of hydrogen-bond donors (Lipinski definition) is 2. The monoisotopic (exact) mass is 280 g/mol. The van der Waals surface area contributed by atoms with Crippen LogP contribution in [0.15, 0.2) is 12.1 Å². The van der Waals surface area contributed by atoms with Crippen LogP contribution < -0.4 is 11.1 Å². The Bertz CT molecular complexity index is 377. The number of hydrogen-bond acceptors (Lipinski definition) is 3. The third kappa shape index (κ3) is 3.10. The molecule has 1 aromatic heterocycles. The summed E-state index contributed by atoms with van der Waals surface area (Å²) in [6.45, 7) is 0.557. The molecule has 0 aliphatic heterocycles. The molecule has 90 valence electrons. The molecule has 1 aliphatic carbocycles. The molecule has 1 saturated carbocycles. The van der Waals surface area contributed by atoms with Crippen molar-refractivity contribution in [1.82, 2.24) is 5.32 Å². The fourth-order valence-corrected chi connectivity index (χ4v) is 2.55. The van der Waals surface area contributed by atoms with Crippen LogP contribution >= 0.6 is 35.3 Å². The van der Waals surface area contributed by atoms with Gasteiger partial charge in [-0.3, -0.25) is 4.79 Å². The molecule has 1 aliphatic rings. The van der Waals surface area contributed by atoms with Gasteiger partial charge in [-0.15, -0.1) is 23.7 Å². The molecule has 1 amide bonds. The minimum Gasteiger partial charge on any atom is -0.349 e. The van der Waals surface area contributed by atoms with Crippen molar-refractivity contribution in [3.8, 4) is 0 Å². The summed E-state index contributed by atoms with van der Waals surface area (Å²) >= 11 is 7.03. The molecule has 0 aromatic carbocycles. The standard InChI is InChI=1S/C10H13ClN2OS.ClH/c11-8-3-2-7(15-8)9(14)13-6-10(12)4-1-5-10;/h2-3H,1,4-6,12H2,(H,13,14);1H. The van der Waals surface area contributed by atoms with Crippen molar-refractivity contribution in [2.24, 2.45) is 5.73 Å². The lowest BCUT2D eigenvalue weighted by Gasteiger charge is -2.38. The molecule has 3 N–H and O–H groups in total. The molecule has 0 spiro atoms. The highest BCUT2D eigenvalue weighted by Crippen LogP contribution is 2.28. The predicted octanol–water partition coefficient (Wildman–Crippen LogP) is 2.43. The van der Waals surface area contributed by atoms with Gasteiger partial charge >= 0.3 is 0 Å². The van der Waals surface area contributed by atoms with Crippen LogP contribution in [0.5, 0.6) is 0 Å². The molecule has 2 rings (SSSR count). The number of rotatable bonds is 3. The summed E-state index contributed by atoms with van der Waals surface area (Å²) < 4.78 is 0.631. The van der Waals surface area contributed by atoms with Crippen LogP contribution in [0.4, 0.5) is 0 Å². The normalized spacial score (nSPS) is 17.1. The number of nitrogens with one attached hydrogen (secondary N) is 1. The zero-order valence-electron chi connectivity index (χ0n) is 8.66. The van der Waals surface area contributed by atoms with Crippen molar-refractivity contribution >= 4 is 41.3 Å². The van der Waals surface area contributed by atoms with Crippen molar-refractivity contribution in [2.75, 3.05) is 6.54 Å². The summed E-state index contributed by atoms with van der Waals surface area (Å²) in [5.74, 6) is -0.0800. The van der Waals surface area contributed by atoms with E-state index in [1.165, 1.54) is 11.3 Å². The fourth-order valence-electron chi connectivity index (χ4n) is 1.59. The molecule has 0 saturated heterocycles. The molecule has 1 aromatic rings. The van der Waals surface area contributed by atoms with E-state index in [4.69, 9.17) is 17.3 Å². The van der Waals surface area contributed by atoms with Crippen molar-refractivity contribution in [3.05, 3.63) is 21.3 Å². The summed E-state index contributed by atoms with van der Waals surface area (Å²) in [5, 5.41) is 2.84. The van der Waals surface area contributed by atoms with E-state index < -0.39 is 0 Å². The zero-order valence-corrected chi connectivity index (χ0v) is 11.1. The molecular formula is C10H14Cl2N2OS. The Hall–Kier alpha value is -0.290. The van der Waals surface area contributed by atoms with Gasteiger partial charge in [0.05, 0.1) is 9.21 Å². The van der Waals surface area contributed by atoms with Crippen LogP contribution in [-0.4, -0.2) is 18.0 Å². The molecule has 0 radical (unpaired) electrons. The molecular weight excluding hydrogens is 267 g/mol. The van der Waals surface area contributed by atoms with Crippen molar-refractivity contribution in [3.63, 3.8) is 0 Å². The lowest BCUT2D eigenvalue weighted by Crippen LogP contribution is -2.54. The van der Waals surface area contributed by atoms with Gasteiger partial charge in [-0.25, -0.2) is 0 Å². The Labute approximate surface area is 110 Å². The summed E-state index contributed by atoms with van der Waals surface area (Å²) in [5.41, 5.74) is 5.83. The largest absolute Gasteiger partial charge is 0.349 e. The quantitative estimate of drug-likeness (QED) is 0.894. The van der Waals surface area contributed by atoms with Gasteiger partial charge < -0.3 is 11.1 Å². The second-order valence-corrected chi connectivity index (χ2v) is 5.72. The molecule has 1 heterocycles. The van der Waals surface area contributed by atoms with E-state index in [2.05, 4.69) is 5.32 Å². The second kappa shape index (κ2) is 5.36. The van der Waals surface area contributed by atoms with Crippen LogP contribution in [0.25, 0.3) is 0 Å². The average Bonchev–Trinajstić information content (AvgIpc) is 2.58. The van der Waals surface area contributed by atoms with Gasteiger partial charge in [-0.1, -0.05) is 11.6 Å². The van der Waals surface area contributed by atoms with E-state index in [9.17, 15) is 4.79 Å². The third-order valence-electron chi connectivity index (χ3n) is 2.75. The summed E-state index contributed by atoms with van der Waals surface area (Å²) in [6.07, 6.45) is 3.16. The maximum atomic E-state index is 11.6. The minimum atomic E-state index is -0.170. The maximum Gasteiger partial charge on any atom is 0.261 e. The summed E-state index contributed by atoms with van der Waals surface area (Å²) in [4.78, 5) is 12.3. The van der Waals surface area contributed by atoms with E-state index in [1.54, 1.807) is 12.1 Å². The Balaban J connectivity index is 0.00000128. The van der Waals surface area contributed by atoms with Gasteiger partial charge in [0, 0.05) is 12.1 Å². The molecule has 0 bridgehead atoms. The summed E-state index contributed by atoms with van der Waals surface area (Å²) in [7, 11) is 0. The molecule has 0 atom stereocenters. The average molecular weight is 281 g/mol. The molecule has 6 heteroatoms.